The van der Waals surface area contributed by atoms with Gasteiger partial charge < -0.3 is 15.0 Å². The van der Waals surface area contributed by atoms with Crippen LogP contribution in [0.4, 0.5) is 10.5 Å². The fourth-order valence-electron chi connectivity index (χ4n) is 2.72. The van der Waals surface area contributed by atoms with Gasteiger partial charge in [0.05, 0.1) is 17.3 Å². The highest BCUT2D eigenvalue weighted by molar-refractivity contribution is 6.30. The average molecular weight is 351 g/mol. The van der Waals surface area contributed by atoms with E-state index >= 15 is 0 Å². The van der Waals surface area contributed by atoms with E-state index in [1.54, 1.807) is 12.3 Å². The summed E-state index contributed by atoms with van der Waals surface area (Å²) in [4.78, 5) is 16.5. The van der Waals surface area contributed by atoms with Crippen molar-refractivity contribution in [3.8, 4) is 0 Å². The second-order valence-corrected chi connectivity index (χ2v) is 6.15. The normalized spacial score (nSPS) is 10.9. The summed E-state index contributed by atoms with van der Waals surface area (Å²) in [5, 5.41) is 8.51. The van der Waals surface area contributed by atoms with Gasteiger partial charge in [-0.05, 0) is 35.0 Å². The maximum atomic E-state index is 12.1. The topological polar surface area (TPSA) is 58.4 Å². The number of pyridine rings is 1. The van der Waals surface area contributed by atoms with Crippen molar-refractivity contribution < 1.29 is 4.79 Å². The van der Waals surface area contributed by atoms with Gasteiger partial charge in [-0.25, -0.2) is 9.78 Å². The Morgan fingerprint density at radius 1 is 1.04 bits per heavy atom. The van der Waals surface area contributed by atoms with E-state index in [9.17, 15) is 4.79 Å². The van der Waals surface area contributed by atoms with Crippen LogP contribution in [0.2, 0.25) is 5.02 Å². The van der Waals surface area contributed by atoms with Crippen molar-refractivity contribution in [3.05, 3.63) is 77.7 Å². The van der Waals surface area contributed by atoms with E-state index in [1.165, 1.54) is 0 Å². The number of imidazole rings is 1. The number of carbonyl (C=O) groups is 1. The lowest BCUT2D eigenvalue weighted by atomic mass is 10.1. The molecule has 0 fully saturated rings. The van der Waals surface area contributed by atoms with Crippen molar-refractivity contribution in [1.82, 2.24) is 14.7 Å². The molecule has 0 aliphatic carbocycles. The van der Waals surface area contributed by atoms with Gasteiger partial charge >= 0.3 is 6.03 Å². The van der Waals surface area contributed by atoms with Crippen LogP contribution in [0, 0.1) is 0 Å². The molecule has 0 saturated carbocycles. The molecule has 5 nitrogen and oxygen atoms in total. The number of halogens is 1. The lowest BCUT2D eigenvalue weighted by Gasteiger charge is -2.07. The molecule has 0 bridgehead atoms. The summed E-state index contributed by atoms with van der Waals surface area (Å²) >= 11 is 5.96. The zero-order valence-electron chi connectivity index (χ0n) is 13.2. The van der Waals surface area contributed by atoms with Crippen LogP contribution in [-0.4, -0.2) is 15.4 Å². The van der Waals surface area contributed by atoms with Gasteiger partial charge in [-0.1, -0.05) is 41.9 Å². The molecular formula is C19H15ClN4O. The van der Waals surface area contributed by atoms with Crippen LogP contribution in [0.5, 0.6) is 0 Å². The molecule has 4 aromatic rings. The smallest absolute Gasteiger partial charge is 0.319 e. The molecule has 2 amide bonds. The Morgan fingerprint density at radius 3 is 2.76 bits per heavy atom. The lowest BCUT2D eigenvalue weighted by Crippen LogP contribution is -2.28. The van der Waals surface area contributed by atoms with Gasteiger partial charge in [0.2, 0.25) is 0 Å². The monoisotopic (exact) mass is 350 g/mol. The first kappa shape index (κ1) is 15.5. The summed E-state index contributed by atoms with van der Waals surface area (Å²) in [7, 11) is 0. The highest BCUT2D eigenvalue weighted by atomic mass is 35.5. The first-order valence-corrected chi connectivity index (χ1v) is 8.22. The van der Waals surface area contributed by atoms with E-state index in [0.29, 0.717) is 11.6 Å². The van der Waals surface area contributed by atoms with Crippen LogP contribution in [0.3, 0.4) is 0 Å². The third kappa shape index (κ3) is 3.41. The number of anilines is 1. The molecule has 2 aromatic carbocycles. The van der Waals surface area contributed by atoms with Crippen LogP contribution < -0.4 is 10.6 Å². The number of amides is 2. The van der Waals surface area contributed by atoms with Crippen molar-refractivity contribution in [3.63, 3.8) is 0 Å². The molecule has 2 aromatic heterocycles. The third-order valence-electron chi connectivity index (χ3n) is 3.90. The van der Waals surface area contributed by atoms with Crippen molar-refractivity contribution >= 4 is 39.7 Å². The molecule has 0 aliphatic rings. The summed E-state index contributed by atoms with van der Waals surface area (Å²) in [5.74, 6) is 0. The fourth-order valence-corrected chi connectivity index (χ4v) is 2.88. The van der Waals surface area contributed by atoms with Gasteiger partial charge in [0, 0.05) is 18.1 Å². The van der Waals surface area contributed by atoms with Gasteiger partial charge in [-0.3, -0.25) is 0 Å². The summed E-state index contributed by atoms with van der Waals surface area (Å²) in [6.07, 6.45) is 3.63. The number of rotatable bonds is 3. The van der Waals surface area contributed by atoms with Gasteiger partial charge in [0.1, 0.15) is 5.65 Å². The van der Waals surface area contributed by atoms with Crippen molar-refractivity contribution in [2.45, 2.75) is 6.54 Å². The van der Waals surface area contributed by atoms with Gasteiger partial charge in [0.15, 0.2) is 0 Å². The minimum atomic E-state index is -0.273. The molecule has 0 radical (unpaired) electrons. The van der Waals surface area contributed by atoms with Crippen LogP contribution in [0.25, 0.3) is 16.4 Å². The van der Waals surface area contributed by atoms with Gasteiger partial charge in [-0.15, -0.1) is 0 Å². The predicted molar refractivity (Wildman–Crippen MR) is 100 cm³/mol. The van der Waals surface area contributed by atoms with E-state index in [4.69, 9.17) is 11.6 Å². The summed E-state index contributed by atoms with van der Waals surface area (Å²) in [6.45, 7) is 0.332. The first-order chi connectivity index (χ1) is 12.2. The number of nitrogens with zero attached hydrogens (tertiary/aromatic N) is 2. The number of hydrogen-bond donors (Lipinski definition) is 2. The lowest BCUT2D eigenvalue weighted by molar-refractivity contribution is 0.251. The van der Waals surface area contributed by atoms with E-state index in [1.807, 2.05) is 59.1 Å². The highest BCUT2D eigenvalue weighted by Gasteiger charge is 2.06. The van der Waals surface area contributed by atoms with Gasteiger partial charge in [-0.2, -0.15) is 0 Å². The Labute approximate surface area is 149 Å². The molecule has 0 unspecified atom stereocenters. The predicted octanol–water partition coefficient (Wildman–Crippen LogP) is 4.46. The maximum Gasteiger partial charge on any atom is 0.319 e. The molecule has 124 valence electrons. The Hall–Kier alpha value is -3.05. The number of hydrogen-bond acceptors (Lipinski definition) is 2. The molecular weight excluding hydrogens is 336 g/mol. The second-order valence-electron chi connectivity index (χ2n) is 5.71. The number of carbonyl (C=O) groups excluding carboxylic acids is 1. The number of aromatic nitrogens is 2. The molecule has 0 saturated heterocycles. The average Bonchev–Trinajstić information content (AvgIpc) is 3.02. The summed E-state index contributed by atoms with van der Waals surface area (Å²) < 4.78 is 1.83. The SMILES string of the molecule is O=C(NCc1cn2cc(Cl)ccc2n1)Nc1ccc2ccccc2c1. The second kappa shape index (κ2) is 6.45. The number of nitrogens with one attached hydrogen (secondary N) is 2. The highest BCUT2D eigenvalue weighted by Crippen LogP contribution is 2.18. The molecule has 2 heterocycles. The minimum absolute atomic E-state index is 0.273. The zero-order valence-corrected chi connectivity index (χ0v) is 14.0. The van der Waals surface area contributed by atoms with Crippen LogP contribution in [0.15, 0.2) is 67.0 Å². The van der Waals surface area contributed by atoms with E-state index < -0.39 is 0 Å². The van der Waals surface area contributed by atoms with E-state index in [-0.39, 0.29) is 6.03 Å². The van der Waals surface area contributed by atoms with E-state index in [0.717, 1.165) is 27.8 Å². The molecule has 2 N–H and O–H groups in total. The summed E-state index contributed by atoms with van der Waals surface area (Å²) in [5.41, 5.74) is 2.30. The molecule has 0 spiro atoms. The first-order valence-electron chi connectivity index (χ1n) is 7.84. The van der Waals surface area contributed by atoms with Gasteiger partial charge in [0.25, 0.3) is 0 Å². The summed E-state index contributed by atoms with van der Waals surface area (Å²) in [6, 6.07) is 17.2. The number of urea groups is 1. The molecule has 4 rings (SSSR count). The molecule has 6 heteroatoms. The van der Waals surface area contributed by atoms with Crippen LogP contribution in [-0.2, 0) is 6.54 Å². The largest absolute Gasteiger partial charge is 0.332 e. The Bertz CT molecular complexity index is 1070. The molecule has 0 atom stereocenters. The standard InChI is InChI=1S/C19H15ClN4O/c20-15-6-8-18-22-17(12-24(18)11-15)10-21-19(25)23-16-7-5-13-3-1-2-4-14(13)9-16/h1-9,11-12H,10H2,(H2,21,23,25). The zero-order chi connectivity index (χ0) is 17.2. The molecule has 0 aliphatic heterocycles. The van der Waals surface area contributed by atoms with Crippen LogP contribution >= 0.6 is 11.6 Å². The number of benzene rings is 2. The minimum Gasteiger partial charge on any atom is -0.332 e. The van der Waals surface area contributed by atoms with Crippen molar-refractivity contribution in [1.29, 1.82) is 0 Å². The van der Waals surface area contributed by atoms with Crippen molar-refractivity contribution in [2.24, 2.45) is 0 Å². The molecule has 25 heavy (non-hydrogen) atoms. The number of fused-ring (bicyclic) bond motifs is 2. The third-order valence-corrected chi connectivity index (χ3v) is 4.13. The van der Waals surface area contributed by atoms with E-state index in [2.05, 4.69) is 15.6 Å². The fraction of sp³-hybridized carbons (Fsp3) is 0.0526. The Balaban J connectivity index is 1.42. The van der Waals surface area contributed by atoms with Crippen LogP contribution in [0.1, 0.15) is 5.69 Å². The van der Waals surface area contributed by atoms with Crippen molar-refractivity contribution in [2.75, 3.05) is 5.32 Å². The maximum absolute atomic E-state index is 12.1. The Morgan fingerprint density at radius 2 is 1.88 bits per heavy atom. The Kier molecular flexibility index (Phi) is 3.99. The quantitative estimate of drug-likeness (QED) is 0.573.